The van der Waals surface area contributed by atoms with Gasteiger partial charge in [0.15, 0.2) is 12.3 Å². The van der Waals surface area contributed by atoms with Crippen LogP contribution in [0.2, 0.25) is 0 Å². The van der Waals surface area contributed by atoms with Gasteiger partial charge in [-0.2, -0.15) is 5.26 Å². The van der Waals surface area contributed by atoms with Gasteiger partial charge in [-0.3, -0.25) is 4.79 Å². The predicted molar refractivity (Wildman–Crippen MR) is 102 cm³/mol. The molecule has 134 valence electrons. The third-order valence-electron chi connectivity index (χ3n) is 3.62. The molecule has 1 aromatic heterocycles. The second kappa shape index (κ2) is 8.25. The first-order chi connectivity index (χ1) is 13.0. The topological polar surface area (TPSA) is 92.1 Å². The Morgan fingerprint density at radius 2 is 2.00 bits per heavy atom. The molecule has 1 N–H and O–H groups in total. The average Bonchev–Trinajstić information content (AvgIpc) is 3.17. The summed E-state index contributed by atoms with van der Waals surface area (Å²) in [6, 6.07) is 16.3. The van der Waals surface area contributed by atoms with Crippen molar-refractivity contribution in [2.24, 2.45) is 0 Å². The van der Waals surface area contributed by atoms with Crippen molar-refractivity contribution in [3.8, 4) is 16.6 Å². The van der Waals surface area contributed by atoms with E-state index in [0.717, 1.165) is 11.1 Å². The first kappa shape index (κ1) is 18.3. The number of thiazole rings is 1. The SMILES string of the molecule is Cc1ccc(-c2nc(C(=O)OCC(=O)Nc3cccc(C#N)c3)cs2)cc1. The molecule has 0 saturated heterocycles. The van der Waals surface area contributed by atoms with E-state index in [-0.39, 0.29) is 5.69 Å². The number of hydrogen-bond donors (Lipinski definition) is 1. The van der Waals surface area contributed by atoms with Gasteiger partial charge in [-0.1, -0.05) is 35.9 Å². The molecule has 0 fully saturated rings. The van der Waals surface area contributed by atoms with Crippen LogP contribution in [-0.4, -0.2) is 23.5 Å². The Labute approximate surface area is 160 Å². The van der Waals surface area contributed by atoms with E-state index in [4.69, 9.17) is 10.00 Å². The van der Waals surface area contributed by atoms with Crippen LogP contribution >= 0.6 is 11.3 Å². The number of anilines is 1. The molecule has 6 nitrogen and oxygen atoms in total. The molecule has 0 atom stereocenters. The molecular weight excluding hydrogens is 362 g/mol. The maximum absolute atomic E-state index is 12.1. The number of nitriles is 1. The molecule has 0 aliphatic heterocycles. The standard InChI is InChI=1S/C20H15N3O3S/c1-13-5-7-15(8-6-13)19-23-17(12-27-19)20(25)26-11-18(24)22-16-4-2-3-14(9-16)10-21/h2-9,12H,11H2,1H3,(H,22,24). The van der Waals surface area contributed by atoms with Crippen molar-refractivity contribution in [2.45, 2.75) is 6.92 Å². The number of aromatic nitrogens is 1. The monoisotopic (exact) mass is 377 g/mol. The quantitative estimate of drug-likeness (QED) is 0.683. The van der Waals surface area contributed by atoms with Crippen LogP contribution in [0.5, 0.6) is 0 Å². The number of benzene rings is 2. The Morgan fingerprint density at radius 1 is 1.22 bits per heavy atom. The highest BCUT2D eigenvalue weighted by Crippen LogP contribution is 2.24. The summed E-state index contributed by atoms with van der Waals surface area (Å²) in [7, 11) is 0. The van der Waals surface area contributed by atoms with Gasteiger partial charge in [0, 0.05) is 16.6 Å². The molecule has 3 rings (SSSR count). The Hall–Kier alpha value is -3.50. The zero-order valence-electron chi connectivity index (χ0n) is 14.4. The molecule has 0 aliphatic carbocycles. The van der Waals surface area contributed by atoms with E-state index in [1.54, 1.807) is 23.6 Å². The van der Waals surface area contributed by atoms with E-state index in [2.05, 4.69) is 10.3 Å². The highest BCUT2D eigenvalue weighted by atomic mass is 32.1. The molecule has 27 heavy (non-hydrogen) atoms. The molecular formula is C20H15N3O3S. The predicted octanol–water partition coefficient (Wildman–Crippen LogP) is 3.79. The zero-order valence-corrected chi connectivity index (χ0v) is 15.2. The first-order valence-electron chi connectivity index (χ1n) is 8.05. The minimum atomic E-state index is -0.662. The van der Waals surface area contributed by atoms with E-state index in [0.29, 0.717) is 16.3 Å². The Bertz CT molecular complexity index is 1020. The number of ether oxygens (including phenoxy) is 1. The maximum Gasteiger partial charge on any atom is 0.358 e. The van der Waals surface area contributed by atoms with Crippen LogP contribution in [0.25, 0.3) is 10.6 Å². The number of nitrogens with one attached hydrogen (secondary N) is 1. The molecule has 3 aromatic rings. The van der Waals surface area contributed by atoms with E-state index in [1.807, 2.05) is 37.3 Å². The highest BCUT2D eigenvalue weighted by molar-refractivity contribution is 7.13. The lowest BCUT2D eigenvalue weighted by Crippen LogP contribution is -2.21. The van der Waals surface area contributed by atoms with Gasteiger partial charge < -0.3 is 10.1 Å². The molecule has 0 saturated carbocycles. The number of nitrogens with zero attached hydrogens (tertiary/aromatic N) is 2. The van der Waals surface area contributed by atoms with Crippen LogP contribution in [-0.2, 0) is 9.53 Å². The second-order valence-corrected chi connectivity index (χ2v) is 6.58. The lowest BCUT2D eigenvalue weighted by molar-refractivity contribution is -0.119. The van der Waals surface area contributed by atoms with E-state index >= 15 is 0 Å². The van der Waals surface area contributed by atoms with Gasteiger partial charge in [0.1, 0.15) is 5.01 Å². The summed E-state index contributed by atoms with van der Waals surface area (Å²) in [4.78, 5) is 28.3. The fraction of sp³-hybridized carbons (Fsp3) is 0.100. The molecule has 0 unspecified atom stereocenters. The largest absolute Gasteiger partial charge is 0.451 e. The highest BCUT2D eigenvalue weighted by Gasteiger charge is 2.15. The Morgan fingerprint density at radius 3 is 2.74 bits per heavy atom. The van der Waals surface area contributed by atoms with Gasteiger partial charge in [0.25, 0.3) is 5.91 Å². The lowest BCUT2D eigenvalue weighted by atomic mass is 10.2. The number of aryl methyl sites for hydroxylation is 1. The van der Waals surface area contributed by atoms with E-state index in [1.165, 1.54) is 17.4 Å². The van der Waals surface area contributed by atoms with Crippen LogP contribution in [0.15, 0.2) is 53.9 Å². The van der Waals surface area contributed by atoms with Crippen molar-refractivity contribution in [3.05, 3.63) is 70.7 Å². The van der Waals surface area contributed by atoms with Crippen molar-refractivity contribution in [1.29, 1.82) is 5.26 Å². The van der Waals surface area contributed by atoms with Crippen LogP contribution in [0.3, 0.4) is 0 Å². The molecule has 0 bridgehead atoms. The number of hydrogen-bond acceptors (Lipinski definition) is 6. The summed E-state index contributed by atoms with van der Waals surface area (Å²) in [6.45, 7) is 1.56. The summed E-state index contributed by atoms with van der Waals surface area (Å²) >= 11 is 1.33. The van der Waals surface area contributed by atoms with Gasteiger partial charge >= 0.3 is 5.97 Å². The fourth-order valence-electron chi connectivity index (χ4n) is 2.26. The lowest BCUT2D eigenvalue weighted by Gasteiger charge is -2.06. The van der Waals surface area contributed by atoms with Gasteiger partial charge in [-0.15, -0.1) is 11.3 Å². The smallest absolute Gasteiger partial charge is 0.358 e. The summed E-state index contributed by atoms with van der Waals surface area (Å²) in [5, 5.41) is 13.7. The molecule has 0 aliphatic rings. The van der Waals surface area contributed by atoms with E-state index in [9.17, 15) is 9.59 Å². The number of rotatable bonds is 5. The summed E-state index contributed by atoms with van der Waals surface area (Å²) < 4.78 is 5.02. The minimum absolute atomic E-state index is 0.162. The second-order valence-electron chi connectivity index (χ2n) is 5.72. The van der Waals surface area contributed by atoms with Gasteiger partial charge in [-0.05, 0) is 25.1 Å². The maximum atomic E-state index is 12.1. The molecule has 0 radical (unpaired) electrons. The third-order valence-corrected chi connectivity index (χ3v) is 4.51. The number of carbonyl (C=O) groups excluding carboxylic acids is 2. The molecule has 0 spiro atoms. The first-order valence-corrected chi connectivity index (χ1v) is 8.93. The molecule has 1 heterocycles. The van der Waals surface area contributed by atoms with Crippen molar-refractivity contribution in [2.75, 3.05) is 11.9 Å². The van der Waals surface area contributed by atoms with Crippen molar-refractivity contribution in [3.63, 3.8) is 0 Å². The number of amides is 1. The third kappa shape index (κ3) is 4.77. The molecule has 7 heteroatoms. The fourth-order valence-corrected chi connectivity index (χ4v) is 3.06. The summed E-state index contributed by atoms with van der Waals surface area (Å²) in [5.74, 6) is -1.15. The zero-order chi connectivity index (χ0) is 19.2. The normalized spacial score (nSPS) is 10.1. The van der Waals surface area contributed by atoms with Gasteiger partial charge in [0.2, 0.25) is 0 Å². The average molecular weight is 377 g/mol. The van der Waals surface area contributed by atoms with Crippen molar-refractivity contribution in [1.82, 2.24) is 4.98 Å². The van der Waals surface area contributed by atoms with Gasteiger partial charge in [0.05, 0.1) is 11.6 Å². The number of carbonyl (C=O) groups is 2. The van der Waals surface area contributed by atoms with Crippen molar-refractivity contribution >= 4 is 28.9 Å². The van der Waals surface area contributed by atoms with Crippen molar-refractivity contribution < 1.29 is 14.3 Å². The number of esters is 1. The van der Waals surface area contributed by atoms with Crippen LogP contribution in [0.1, 0.15) is 21.6 Å². The Kier molecular flexibility index (Phi) is 5.59. The summed E-state index contributed by atoms with van der Waals surface area (Å²) in [5.41, 5.74) is 3.11. The minimum Gasteiger partial charge on any atom is -0.451 e. The van der Waals surface area contributed by atoms with Crippen LogP contribution < -0.4 is 5.32 Å². The summed E-state index contributed by atoms with van der Waals surface area (Å²) in [6.07, 6.45) is 0. The Balaban J connectivity index is 1.57. The molecule has 2 aromatic carbocycles. The van der Waals surface area contributed by atoms with E-state index < -0.39 is 18.5 Å². The molecule has 1 amide bonds. The van der Waals surface area contributed by atoms with Gasteiger partial charge in [-0.25, -0.2) is 9.78 Å². The van der Waals surface area contributed by atoms with Crippen LogP contribution in [0, 0.1) is 18.3 Å². The van der Waals surface area contributed by atoms with Crippen LogP contribution in [0.4, 0.5) is 5.69 Å².